The summed E-state index contributed by atoms with van der Waals surface area (Å²) in [6.45, 7) is 5.11. The minimum atomic E-state index is -0.813. The van der Waals surface area contributed by atoms with Crippen LogP contribution in [0.3, 0.4) is 0 Å². The molecule has 3 aliphatic rings. The molecule has 1 aromatic rings. The molecule has 0 bridgehead atoms. The van der Waals surface area contributed by atoms with Crippen LogP contribution in [-0.4, -0.2) is 75.0 Å². The zero-order chi connectivity index (χ0) is 21.6. The van der Waals surface area contributed by atoms with Gasteiger partial charge in [-0.3, -0.25) is 9.69 Å². The van der Waals surface area contributed by atoms with E-state index in [0.717, 1.165) is 56.8 Å². The summed E-state index contributed by atoms with van der Waals surface area (Å²) in [7, 11) is 0. The average molecular weight is 429 g/mol. The Bertz CT molecular complexity index is 857. The first kappa shape index (κ1) is 21.9. The van der Waals surface area contributed by atoms with Crippen molar-refractivity contribution in [2.24, 2.45) is 0 Å². The molecule has 0 radical (unpaired) electrons. The van der Waals surface area contributed by atoms with Gasteiger partial charge in [0.1, 0.15) is 18.0 Å². The van der Waals surface area contributed by atoms with E-state index in [9.17, 15) is 14.4 Å². The average Bonchev–Trinajstić information content (AvgIpc) is 3.03. The zero-order valence-electron chi connectivity index (χ0n) is 17.6. The molecule has 2 saturated heterocycles. The first-order valence-electron chi connectivity index (χ1n) is 11.0. The second-order valence-electron chi connectivity index (χ2n) is 8.28. The van der Waals surface area contributed by atoms with Gasteiger partial charge in [-0.05, 0) is 42.2 Å². The van der Waals surface area contributed by atoms with Gasteiger partial charge in [0.2, 0.25) is 0 Å². The summed E-state index contributed by atoms with van der Waals surface area (Å²) in [4.78, 5) is 14.8. The molecule has 0 aliphatic carbocycles. The third-order valence-corrected chi connectivity index (χ3v) is 6.14. The number of ether oxygens (including phenoxy) is 2. The molecule has 1 amide bonds. The normalized spacial score (nSPS) is 23.7. The molecule has 8 heteroatoms. The van der Waals surface area contributed by atoms with Gasteiger partial charge in [0.25, 0.3) is 5.91 Å². The van der Waals surface area contributed by atoms with Crippen molar-refractivity contribution in [3.05, 3.63) is 41.2 Å². The first-order valence-corrected chi connectivity index (χ1v) is 11.0. The molecular weight excluding hydrogens is 399 g/mol. The molecule has 0 saturated carbocycles. The van der Waals surface area contributed by atoms with E-state index in [-0.39, 0.29) is 18.1 Å². The molecule has 2 atom stereocenters. The maximum Gasteiger partial charge on any atom is 0.251 e. The van der Waals surface area contributed by atoms with E-state index >= 15 is 0 Å². The summed E-state index contributed by atoms with van der Waals surface area (Å²) in [6, 6.07) is 6.92. The largest absolute Gasteiger partial charge is 0.378 e. The lowest BCUT2D eigenvalue weighted by atomic mass is 9.95. The summed E-state index contributed by atoms with van der Waals surface area (Å²) >= 11 is 0. The van der Waals surface area contributed by atoms with Crippen LogP contribution in [0.5, 0.6) is 0 Å². The van der Waals surface area contributed by atoms with Gasteiger partial charge in [0.05, 0.1) is 25.3 Å². The number of hydrogen-bond acceptors (Lipinski definition) is 6. The van der Waals surface area contributed by atoms with Crippen molar-refractivity contribution in [2.75, 3.05) is 46.0 Å². The van der Waals surface area contributed by atoms with Gasteiger partial charge < -0.3 is 20.1 Å². The molecule has 2 fully saturated rings. The molecule has 166 valence electrons. The van der Waals surface area contributed by atoms with E-state index < -0.39 is 12.1 Å². The molecule has 2 N–H and O–H groups in total. The van der Waals surface area contributed by atoms with E-state index in [4.69, 9.17) is 9.47 Å². The van der Waals surface area contributed by atoms with Crippen LogP contribution in [0.2, 0.25) is 0 Å². The summed E-state index contributed by atoms with van der Waals surface area (Å²) in [5.41, 5.74) is 2.44. The third-order valence-electron chi connectivity index (χ3n) is 6.14. The Kier molecular flexibility index (Phi) is 7.30. The summed E-state index contributed by atoms with van der Waals surface area (Å²) < 4.78 is 25.6. The lowest BCUT2D eigenvalue weighted by molar-refractivity contribution is -0.132. The number of halogens is 1. The van der Waals surface area contributed by atoms with E-state index in [1.807, 2.05) is 6.07 Å². The predicted molar refractivity (Wildman–Crippen MR) is 114 cm³/mol. The highest BCUT2D eigenvalue weighted by Gasteiger charge is 2.27. The van der Waals surface area contributed by atoms with E-state index in [2.05, 4.69) is 27.7 Å². The molecule has 0 spiro atoms. The fraction of sp³-hybridized carbons (Fsp3) is 0.565. The molecule has 0 aromatic heterocycles. The highest BCUT2D eigenvalue weighted by Crippen LogP contribution is 2.26. The number of rotatable bonds is 6. The number of carbonyl (C=O) groups is 1. The number of nitrogens with zero attached hydrogens (tertiary/aromatic N) is 2. The number of nitriles is 1. The number of amides is 1. The lowest BCUT2D eigenvalue weighted by Crippen LogP contribution is -2.50. The highest BCUT2D eigenvalue weighted by atomic mass is 19.1. The molecule has 2 unspecified atom stereocenters. The molecule has 1 aromatic carbocycles. The van der Waals surface area contributed by atoms with Gasteiger partial charge >= 0.3 is 0 Å². The van der Waals surface area contributed by atoms with Crippen molar-refractivity contribution in [2.45, 2.75) is 37.5 Å². The van der Waals surface area contributed by atoms with Crippen molar-refractivity contribution >= 4 is 11.5 Å². The maximum absolute atomic E-state index is 14.8. The van der Waals surface area contributed by atoms with Crippen molar-refractivity contribution in [3.8, 4) is 6.07 Å². The molecule has 3 heterocycles. The second kappa shape index (κ2) is 10.3. The standard InChI is InChI=1S/C23H29FN4O3/c24-21-11-17(16-4-7-28(8-5-16)20-14-30-15-20)2-3-18(21)10-19(12-25)27-23(29)22-13-26-6-1-9-31-22/h2-4,11,19-20,22,26H,1,5-10,13-15H2,(H,27,29). The number of carbonyl (C=O) groups excluding carboxylic acids is 1. The molecule has 4 rings (SSSR count). The third kappa shape index (κ3) is 5.49. The van der Waals surface area contributed by atoms with Gasteiger partial charge in [-0.25, -0.2) is 4.39 Å². The number of hydrogen-bond donors (Lipinski definition) is 2. The SMILES string of the molecule is N#CC(Cc1ccc(C2=CCN(C3COC3)CC2)cc1F)NC(=O)C1CNCCCO1. The van der Waals surface area contributed by atoms with Crippen LogP contribution in [0.1, 0.15) is 24.0 Å². The Morgan fingerprint density at radius 2 is 2.29 bits per heavy atom. The molecule has 7 nitrogen and oxygen atoms in total. The van der Waals surface area contributed by atoms with Crippen molar-refractivity contribution in [3.63, 3.8) is 0 Å². The quantitative estimate of drug-likeness (QED) is 0.709. The van der Waals surface area contributed by atoms with E-state index in [1.54, 1.807) is 6.07 Å². The van der Waals surface area contributed by atoms with Gasteiger partial charge in [-0.15, -0.1) is 0 Å². The van der Waals surface area contributed by atoms with Crippen molar-refractivity contribution in [1.29, 1.82) is 5.26 Å². The molecule has 31 heavy (non-hydrogen) atoms. The monoisotopic (exact) mass is 428 g/mol. The maximum atomic E-state index is 14.8. The van der Waals surface area contributed by atoms with E-state index in [0.29, 0.717) is 24.8 Å². The van der Waals surface area contributed by atoms with Crippen LogP contribution in [0.15, 0.2) is 24.3 Å². The zero-order valence-corrected chi connectivity index (χ0v) is 17.6. The lowest BCUT2D eigenvalue weighted by Gasteiger charge is -2.38. The minimum absolute atomic E-state index is 0.114. The van der Waals surface area contributed by atoms with Crippen LogP contribution < -0.4 is 10.6 Å². The van der Waals surface area contributed by atoms with Gasteiger partial charge in [-0.2, -0.15) is 5.26 Å². The second-order valence-corrected chi connectivity index (χ2v) is 8.28. The van der Waals surface area contributed by atoms with Crippen molar-refractivity contribution in [1.82, 2.24) is 15.5 Å². The van der Waals surface area contributed by atoms with Gasteiger partial charge in [0, 0.05) is 32.7 Å². The Hall–Kier alpha value is -2.31. The topological polar surface area (TPSA) is 86.6 Å². The Morgan fingerprint density at radius 1 is 1.42 bits per heavy atom. The first-order chi connectivity index (χ1) is 15.1. The van der Waals surface area contributed by atoms with Gasteiger partial charge in [0.15, 0.2) is 0 Å². The Balaban J connectivity index is 1.35. The molecular formula is C23H29FN4O3. The van der Waals surface area contributed by atoms with Crippen molar-refractivity contribution < 1.29 is 18.7 Å². The number of benzene rings is 1. The minimum Gasteiger partial charge on any atom is -0.378 e. The van der Waals surface area contributed by atoms with Crippen LogP contribution >= 0.6 is 0 Å². The Labute approximate surface area is 182 Å². The fourth-order valence-electron chi connectivity index (χ4n) is 4.12. The smallest absolute Gasteiger partial charge is 0.251 e. The van der Waals surface area contributed by atoms with Gasteiger partial charge in [-0.1, -0.05) is 18.2 Å². The van der Waals surface area contributed by atoms with Crippen LogP contribution in [-0.2, 0) is 20.7 Å². The predicted octanol–water partition coefficient (Wildman–Crippen LogP) is 1.24. The van der Waals surface area contributed by atoms with Crippen LogP contribution in [0, 0.1) is 17.1 Å². The molecule has 3 aliphatic heterocycles. The fourth-order valence-corrected chi connectivity index (χ4v) is 4.12. The van der Waals surface area contributed by atoms with E-state index in [1.165, 1.54) is 6.07 Å². The van der Waals surface area contributed by atoms with Crippen LogP contribution in [0.25, 0.3) is 5.57 Å². The summed E-state index contributed by atoms with van der Waals surface area (Å²) in [5.74, 6) is -0.693. The highest BCUT2D eigenvalue weighted by molar-refractivity contribution is 5.81. The Morgan fingerprint density at radius 3 is 2.97 bits per heavy atom. The van der Waals surface area contributed by atoms with Crippen LogP contribution in [0.4, 0.5) is 4.39 Å². The summed E-state index contributed by atoms with van der Waals surface area (Å²) in [6.07, 6.45) is 3.36. The number of nitrogens with one attached hydrogen (secondary N) is 2. The summed E-state index contributed by atoms with van der Waals surface area (Å²) in [5, 5.41) is 15.3.